The molecule has 6 heteroatoms. The van der Waals surface area contributed by atoms with E-state index < -0.39 is 0 Å². The molecular formula is C15H17ClN4O. The predicted molar refractivity (Wildman–Crippen MR) is 82.5 cm³/mol. The monoisotopic (exact) mass is 304 g/mol. The normalized spacial score (nSPS) is 15.1. The van der Waals surface area contributed by atoms with Gasteiger partial charge in [-0.1, -0.05) is 17.7 Å². The Morgan fingerprint density at radius 3 is 2.81 bits per heavy atom. The molecule has 1 aromatic carbocycles. The van der Waals surface area contributed by atoms with E-state index in [1.807, 2.05) is 41.6 Å². The molecule has 1 fully saturated rings. The number of benzene rings is 1. The molecule has 1 aliphatic heterocycles. The second kappa shape index (κ2) is 5.41. The van der Waals surface area contributed by atoms with Gasteiger partial charge in [-0.2, -0.15) is 0 Å². The first kappa shape index (κ1) is 13.9. The lowest BCUT2D eigenvalue weighted by molar-refractivity contribution is 0.218. The number of anilines is 1. The summed E-state index contributed by atoms with van der Waals surface area (Å²) in [4.78, 5) is 20.4. The highest BCUT2D eigenvalue weighted by Gasteiger charge is 2.30. The van der Waals surface area contributed by atoms with E-state index in [0.717, 1.165) is 17.1 Å². The van der Waals surface area contributed by atoms with Crippen LogP contribution in [0.4, 0.5) is 10.5 Å². The maximum Gasteiger partial charge on any atom is 0.324 e. The fourth-order valence-electron chi connectivity index (χ4n) is 2.49. The third-order valence-corrected chi connectivity index (χ3v) is 4.12. The van der Waals surface area contributed by atoms with Crippen molar-refractivity contribution in [2.24, 2.45) is 7.05 Å². The Bertz CT molecular complexity index is 682. The summed E-state index contributed by atoms with van der Waals surface area (Å²) in [7, 11) is 1.95. The summed E-state index contributed by atoms with van der Waals surface area (Å²) in [5.41, 5.74) is 2.87. The fourth-order valence-corrected chi connectivity index (χ4v) is 2.67. The van der Waals surface area contributed by atoms with Gasteiger partial charge in [0.2, 0.25) is 0 Å². The molecule has 0 spiro atoms. The number of carbonyl (C=O) groups excluding carboxylic acids is 1. The lowest BCUT2D eigenvalue weighted by atomic mass is 10.3. The van der Waals surface area contributed by atoms with Crippen molar-refractivity contribution in [1.29, 1.82) is 0 Å². The molecule has 0 atom stereocenters. The first-order chi connectivity index (χ1) is 10.1. The van der Waals surface area contributed by atoms with Gasteiger partial charge in [0, 0.05) is 36.5 Å². The van der Waals surface area contributed by atoms with Crippen molar-refractivity contribution in [2.45, 2.75) is 13.5 Å². The first-order valence-electron chi connectivity index (χ1n) is 6.85. The zero-order chi connectivity index (χ0) is 15.0. The van der Waals surface area contributed by atoms with Crippen molar-refractivity contribution in [3.8, 4) is 0 Å². The number of hydrogen-bond donors (Lipinski definition) is 0. The van der Waals surface area contributed by atoms with Crippen LogP contribution in [-0.2, 0) is 13.6 Å². The Balaban J connectivity index is 1.76. The van der Waals surface area contributed by atoms with E-state index >= 15 is 0 Å². The second-order valence-electron chi connectivity index (χ2n) is 5.22. The highest BCUT2D eigenvalue weighted by Crippen LogP contribution is 2.24. The Kier molecular flexibility index (Phi) is 3.59. The summed E-state index contributed by atoms with van der Waals surface area (Å²) in [5, 5.41) is 0.638. The lowest BCUT2D eigenvalue weighted by Crippen LogP contribution is -2.31. The summed E-state index contributed by atoms with van der Waals surface area (Å²) in [5.74, 6) is 0. The third kappa shape index (κ3) is 2.61. The molecule has 1 aromatic heterocycles. The van der Waals surface area contributed by atoms with Gasteiger partial charge >= 0.3 is 6.03 Å². The molecule has 110 valence electrons. The number of rotatable bonds is 3. The highest BCUT2D eigenvalue weighted by molar-refractivity contribution is 6.30. The van der Waals surface area contributed by atoms with Crippen LogP contribution in [0, 0.1) is 6.92 Å². The van der Waals surface area contributed by atoms with E-state index in [1.165, 1.54) is 0 Å². The molecule has 0 aliphatic carbocycles. The summed E-state index contributed by atoms with van der Waals surface area (Å²) < 4.78 is 1.96. The second-order valence-corrected chi connectivity index (χ2v) is 5.66. The maximum absolute atomic E-state index is 12.5. The minimum atomic E-state index is 0.00215. The molecule has 1 saturated heterocycles. The molecular weight excluding hydrogens is 288 g/mol. The van der Waals surface area contributed by atoms with Crippen LogP contribution < -0.4 is 4.90 Å². The van der Waals surface area contributed by atoms with Crippen LogP contribution in [0.25, 0.3) is 0 Å². The van der Waals surface area contributed by atoms with Gasteiger partial charge in [-0.3, -0.25) is 4.90 Å². The molecule has 5 nitrogen and oxygen atoms in total. The van der Waals surface area contributed by atoms with Crippen LogP contribution in [0.1, 0.15) is 11.4 Å². The number of nitrogens with zero attached hydrogens (tertiary/aromatic N) is 4. The molecule has 0 unspecified atom stereocenters. The van der Waals surface area contributed by atoms with E-state index in [9.17, 15) is 4.79 Å². The summed E-state index contributed by atoms with van der Waals surface area (Å²) in [6.45, 7) is 3.92. The number of aromatic nitrogens is 2. The van der Waals surface area contributed by atoms with Crippen LogP contribution in [0.15, 0.2) is 30.6 Å². The Morgan fingerprint density at radius 2 is 2.14 bits per heavy atom. The standard InChI is InChI=1S/C15H17ClN4O/c1-11-14(17-10-18(11)2)9-19-6-7-20(15(19)21)13-5-3-4-12(16)8-13/h3-5,8,10H,6-7,9H2,1-2H3. The van der Waals surface area contributed by atoms with Gasteiger partial charge < -0.3 is 9.47 Å². The first-order valence-corrected chi connectivity index (χ1v) is 7.23. The average Bonchev–Trinajstić information content (AvgIpc) is 2.97. The third-order valence-electron chi connectivity index (χ3n) is 3.89. The fraction of sp³-hybridized carbons (Fsp3) is 0.333. The maximum atomic E-state index is 12.5. The predicted octanol–water partition coefficient (Wildman–Crippen LogP) is 2.82. The van der Waals surface area contributed by atoms with Crippen molar-refractivity contribution >= 4 is 23.3 Å². The summed E-state index contributed by atoms with van der Waals surface area (Å²) in [6, 6.07) is 7.38. The van der Waals surface area contributed by atoms with Gasteiger partial charge in [-0.25, -0.2) is 9.78 Å². The molecule has 3 rings (SSSR count). The summed E-state index contributed by atoms with van der Waals surface area (Å²) >= 11 is 6.00. The SMILES string of the molecule is Cc1c(CN2CCN(c3cccc(Cl)c3)C2=O)ncn1C. The van der Waals surface area contributed by atoms with E-state index in [2.05, 4.69) is 4.98 Å². The van der Waals surface area contributed by atoms with Crippen LogP contribution in [0.3, 0.4) is 0 Å². The zero-order valence-electron chi connectivity index (χ0n) is 12.1. The molecule has 0 bridgehead atoms. The number of aryl methyl sites for hydroxylation is 1. The van der Waals surface area contributed by atoms with Crippen molar-refractivity contribution in [3.05, 3.63) is 47.0 Å². The van der Waals surface area contributed by atoms with Crippen LogP contribution in [0.2, 0.25) is 5.02 Å². The van der Waals surface area contributed by atoms with Gasteiger partial charge in [0.25, 0.3) is 0 Å². The van der Waals surface area contributed by atoms with Gasteiger partial charge in [0.15, 0.2) is 0 Å². The van der Waals surface area contributed by atoms with Crippen LogP contribution in [-0.4, -0.2) is 33.6 Å². The molecule has 1 aliphatic rings. The number of imidazole rings is 1. The zero-order valence-corrected chi connectivity index (χ0v) is 12.8. The van der Waals surface area contributed by atoms with Crippen molar-refractivity contribution < 1.29 is 4.79 Å². The lowest BCUT2D eigenvalue weighted by Gasteiger charge is -2.18. The van der Waals surface area contributed by atoms with Crippen LogP contribution >= 0.6 is 11.6 Å². The molecule has 0 saturated carbocycles. The van der Waals surface area contributed by atoms with Crippen molar-refractivity contribution in [2.75, 3.05) is 18.0 Å². The number of amides is 2. The molecule has 2 aromatic rings. The van der Waals surface area contributed by atoms with Gasteiger partial charge in [0.1, 0.15) is 0 Å². The number of carbonyl (C=O) groups is 1. The van der Waals surface area contributed by atoms with E-state index in [-0.39, 0.29) is 6.03 Å². The quantitative estimate of drug-likeness (QED) is 0.875. The minimum Gasteiger partial charge on any atom is -0.338 e. The molecule has 0 radical (unpaired) electrons. The number of hydrogen-bond acceptors (Lipinski definition) is 2. The number of halogens is 1. The molecule has 2 amide bonds. The van der Waals surface area contributed by atoms with Crippen molar-refractivity contribution in [3.63, 3.8) is 0 Å². The smallest absolute Gasteiger partial charge is 0.324 e. The minimum absolute atomic E-state index is 0.00215. The van der Waals surface area contributed by atoms with E-state index in [1.54, 1.807) is 17.3 Å². The van der Waals surface area contributed by atoms with E-state index in [0.29, 0.717) is 24.7 Å². The van der Waals surface area contributed by atoms with Gasteiger partial charge in [0.05, 0.1) is 18.6 Å². The number of urea groups is 1. The van der Waals surface area contributed by atoms with Gasteiger partial charge in [-0.15, -0.1) is 0 Å². The van der Waals surface area contributed by atoms with E-state index in [4.69, 9.17) is 11.6 Å². The molecule has 2 heterocycles. The highest BCUT2D eigenvalue weighted by atomic mass is 35.5. The Hall–Kier alpha value is -2.01. The topological polar surface area (TPSA) is 41.4 Å². The average molecular weight is 305 g/mol. The Labute approximate surface area is 128 Å². The van der Waals surface area contributed by atoms with Gasteiger partial charge in [-0.05, 0) is 25.1 Å². The summed E-state index contributed by atoms with van der Waals surface area (Å²) in [6.07, 6.45) is 1.78. The van der Waals surface area contributed by atoms with Crippen LogP contribution in [0.5, 0.6) is 0 Å². The Morgan fingerprint density at radius 1 is 1.33 bits per heavy atom. The molecule has 0 N–H and O–H groups in total. The molecule has 21 heavy (non-hydrogen) atoms. The largest absolute Gasteiger partial charge is 0.338 e. The van der Waals surface area contributed by atoms with Crippen molar-refractivity contribution in [1.82, 2.24) is 14.5 Å².